The highest BCUT2D eigenvalue weighted by Crippen LogP contribution is 2.23. The van der Waals surface area contributed by atoms with Crippen molar-refractivity contribution in [3.05, 3.63) is 69.9 Å². The summed E-state index contributed by atoms with van der Waals surface area (Å²) in [6.45, 7) is 4.84. The molecular weight excluding hydrogens is 306 g/mol. The van der Waals surface area contributed by atoms with Crippen molar-refractivity contribution in [2.24, 2.45) is 0 Å². The van der Waals surface area contributed by atoms with Gasteiger partial charge in [-0.3, -0.25) is 4.90 Å². The first-order valence-electron chi connectivity index (χ1n) is 6.50. The van der Waals surface area contributed by atoms with E-state index in [1.165, 1.54) is 11.3 Å². The summed E-state index contributed by atoms with van der Waals surface area (Å²) in [6.07, 6.45) is 1.32. The Bertz CT molecular complexity index is 597. The lowest BCUT2D eigenvalue weighted by molar-refractivity contribution is 0.0981. The molecule has 110 valence electrons. The summed E-state index contributed by atoms with van der Waals surface area (Å²) in [5, 5.41) is 0. The maximum atomic E-state index is 12.1. The molecule has 21 heavy (non-hydrogen) atoms. The molecule has 1 aromatic carbocycles. The molecule has 0 fully saturated rings. The molecule has 0 radical (unpaired) electrons. The van der Waals surface area contributed by atoms with E-state index in [-0.39, 0.29) is 12.7 Å². The van der Waals surface area contributed by atoms with E-state index in [2.05, 4.69) is 6.58 Å². The summed E-state index contributed by atoms with van der Waals surface area (Å²) >= 11 is 7.36. The fourth-order valence-corrected chi connectivity index (χ4v) is 2.90. The van der Waals surface area contributed by atoms with Gasteiger partial charge in [0.25, 0.3) is 0 Å². The third-order valence-electron chi connectivity index (χ3n) is 2.79. The van der Waals surface area contributed by atoms with Crippen LogP contribution in [0.15, 0.2) is 55.1 Å². The highest BCUT2D eigenvalue weighted by atomic mass is 35.5. The summed E-state index contributed by atoms with van der Waals surface area (Å²) in [5.41, 5.74) is 0.962. The summed E-state index contributed by atoms with van der Waals surface area (Å²) in [6, 6.07) is 13.3. The van der Waals surface area contributed by atoms with Gasteiger partial charge in [-0.25, -0.2) is 4.79 Å². The number of ether oxygens (including phenoxy) is 1. The number of hydrogen-bond acceptors (Lipinski definition) is 3. The number of halogens is 1. The van der Waals surface area contributed by atoms with E-state index in [1.54, 1.807) is 11.0 Å². The van der Waals surface area contributed by atoms with E-state index in [9.17, 15) is 4.79 Å². The average Bonchev–Trinajstić information content (AvgIpc) is 2.91. The van der Waals surface area contributed by atoms with Gasteiger partial charge in [0.15, 0.2) is 0 Å². The van der Waals surface area contributed by atoms with Crippen LogP contribution in [0.25, 0.3) is 0 Å². The fraction of sp³-hybridized carbons (Fsp3) is 0.188. The van der Waals surface area contributed by atoms with Gasteiger partial charge in [0.05, 0.1) is 10.9 Å². The molecule has 2 rings (SSSR count). The molecule has 0 aliphatic carbocycles. The Labute approximate surface area is 133 Å². The molecule has 0 unspecified atom stereocenters. The first-order chi connectivity index (χ1) is 10.2. The van der Waals surface area contributed by atoms with Crippen LogP contribution in [-0.4, -0.2) is 17.5 Å². The average molecular weight is 322 g/mol. The van der Waals surface area contributed by atoms with E-state index in [1.807, 2.05) is 42.5 Å². The first-order valence-corrected chi connectivity index (χ1v) is 7.69. The molecule has 1 aromatic heterocycles. The Balaban J connectivity index is 1.93. The van der Waals surface area contributed by atoms with Crippen molar-refractivity contribution in [1.82, 2.24) is 4.90 Å². The molecule has 0 spiro atoms. The van der Waals surface area contributed by atoms with E-state index in [4.69, 9.17) is 16.3 Å². The minimum Gasteiger partial charge on any atom is -0.445 e. The molecule has 0 saturated heterocycles. The van der Waals surface area contributed by atoms with Crippen molar-refractivity contribution in [2.45, 2.75) is 13.2 Å². The number of hydrogen-bond donors (Lipinski definition) is 0. The number of thiophene rings is 1. The second kappa shape index (κ2) is 7.86. The van der Waals surface area contributed by atoms with Crippen LogP contribution in [0.3, 0.4) is 0 Å². The Morgan fingerprint density at radius 1 is 1.29 bits per heavy atom. The Morgan fingerprint density at radius 2 is 2.05 bits per heavy atom. The minimum atomic E-state index is -0.358. The van der Waals surface area contributed by atoms with E-state index >= 15 is 0 Å². The van der Waals surface area contributed by atoms with E-state index in [0.717, 1.165) is 10.4 Å². The van der Waals surface area contributed by atoms with Crippen LogP contribution in [-0.2, 0) is 17.9 Å². The largest absolute Gasteiger partial charge is 0.445 e. The SMILES string of the molecule is C=CCN(Cc1ccc(Cl)s1)C(=O)OCc1ccccc1. The van der Waals surface area contributed by atoms with E-state index in [0.29, 0.717) is 17.4 Å². The minimum absolute atomic E-state index is 0.262. The molecular formula is C16H16ClNO2S. The predicted octanol–water partition coefficient (Wildman–Crippen LogP) is 4.73. The first kappa shape index (κ1) is 15.6. The molecule has 2 aromatic rings. The van der Waals surface area contributed by atoms with Crippen LogP contribution in [0, 0.1) is 0 Å². The Hall–Kier alpha value is -1.78. The molecule has 0 saturated carbocycles. The van der Waals surface area contributed by atoms with Crippen LogP contribution in [0.1, 0.15) is 10.4 Å². The van der Waals surface area contributed by atoms with Crippen LogP contribution in [0.2, 0.25) is 4.34 Å². The molecule has 3 nitrogen and oxygen atoms in total. The van der Waals surface area contributed by atoms with Crippen LogP contribution in [0.4, 0.5) is 4.79 Å². The third-order valence-corrected chi connectivity index (χ3v) is 4.00. The normalized spacial score (nSPS) is 10.1. The quantitative estimate of drug-likeness (QED) is 0.720. The van der Waals surface area contributed by atoms with Crippen molar-refractivity contribution in [3.63, 3.8) is 0 Å². The second-order valence-corrected chi connectivity index (χ2v) is 6.21. The topological polar surface area (TPSA) is 29.5 Å². The summed E-state index contributed by atoms with van der Waals surface area (Å²) in [7, 11) is 0. The molecule has 0 atom stereocenters. The van der Waals surface area contributed by atoms with Gasteiger partial charge in [0.2, 0.25) is 0 Å². The highest BCUT2D eigenvalue weighted by Gasteiger charge is 2.15. The van der Waals surface area contributed by atoms with Crippen LogP contribution in [0.5, 0.6) is 0 Å². The monoisotopic (exact) mass is 321 g/mol. The standard InChI is InChI=1S/C16H16ClNO2S/c1-2-10-18(11-14-8-9-15(17)21-14)16(19)20-12-13-6-4-3-5-7-13/h2-9H,1,10-12H2. The molecule has 1 heterocycles. The van der Waals surface area contributed by atoms with E-state index < -0.39 is 0 Å². The van der Waals surface area contributed by atoms with Gasteiger partial charge in [0, 0.05) is 11.4 Å². The van der Waals surface area contributed by atoms with Gasteiger partial charge < -0.3 is 4.74 Å². The zero-order chi connectivity index (χ0) is 15.1. The molecule has 5 heteroatoms. The van der Waals surface area contributed by atoms with Gasteiger partial charge in [-0.1, -0.05) is 48.0 Å². The number of benzene rings is 1. The number of nitrogens with zero attached hydrogens (tertiary/aromatic N) is 1. The summed E-state index contributed by atoms with van der Waals surface area (Å²) in [5.74, 6) is 0. The molecule has 0 N–H and O–H groups in total. The smallest absolute Gasteiger partial charge is 0.410 e. The molecule has 1 amide bonds. The fourth-order valence-electron chi connectivity index (χ4n) is 1.79. The maximum Gasteiger partial charge on any atom is 0.410 e. The number of rotatable bonds is 6. The summed E-state index contributed by atoms with van der Waals surface area (Å²) in [4.78, 5) is 14.8. The van der Waals surface area contributed by atoms with Gasteiger partial charge in [-0.15, -0.1) is 17.9 Å². The van der Waals surface area contributed by atoms with Crippen molar-refractivity contribution in [2.75, 3.05) is 6.54 Å². The van der Waals surface area contributed by atoms with Crippen molar-refractivity contribution < 1.29 is 9.53 Å². The lowest BCUT2D eigenvalue weighted by Crippen LogP contribution is -2.30. The molecule has 0 aliphatic heterocycles. The zero-order valence-electron chi connectivity index (χ0n) is 11.5. The van der Waals surface area contributed by atoms with Gasteiger partial charge >= 0.3 is 6.09 Å². The van der Waals surface area contributed by atoms with Gasteiger partial charge in [-0.2, -0.15) is 0 Å². The maximum absolute atomic E-state index is 12.1. The van der Waals surface area contributed by atoms with Gasteiger partial charge in [0.1, 0.15) is 6.61 Å². The molecule has 0 aliphatic rings. The lowest BCUT2D eigenvalue weighted by atomic mass is 10.2. The summed E-state index contributed by atoms with van der Waals surface area (Å²) < 4.78 is 6.04. The zero-order valence-corrected chi connectivity index (χ0v) is 13.1. The predicted molar refractivity (Wildman–Crippen MR) is 86.6 cm³/mol. The van der Waals surface area contributed by atoms with Crippen LogP contribution < -0.4 is 0 Å². The second-order valence-electron chi connectivity index (χ2n) is 4.42. The molecule has 0 bridgehead atoms. The third kappa shape index (κ3) is 4.92. The van der Waals surface area contributed by atoms with Crippen molar-refractivity contribution in [1.29, 1.82) is 0 Å². The number of carbonyl (C=O) groups is 1. The Morgan fingerprint density at radius 3 is 2.67 bits per heavy atom. The van der Waals surface area contributed by atoms with Crippen molar-refractivity contribution >= 4 is 29.0 Å². The van der Waals surface area contributed by atoms with Gasteiger partial charge in [-0.05, 0) is 17.7 Å². The van der Waals surface area contributed by atoms with Crippen LogP contribution >= 0.6 is 22.9 Å². The number of amides is 1. The lowest BCUT2D eigenvalue weighted by Gasteiger charge is -2.19. The van der Waals surface area contributed by atoms with Crippen molar-refractivity contribution in [3.8, 4) is 0 Å². The number of carbonyl (C=O) groups excluding carboxylic acids is 1. The highest BCUT2D eigenvalue weighted by molar-refractivity contribution is 7.16. The Kier molecular flexibility index (Phi) is 5.84.